The van der Waals surface area contributed by atoms with Gasteiger partial charge in [-0.15, -0.1) is 11.3 Å². The lowest BCUT2D eigenvalue weighted by molar-refractivity contribution is 0.0695. The van der Waals surface area contributed by atoms with Crippen LogP contribution in [0.4, 0.5) is 5.69 Å². The summed E-state index contributed by atoms with van der Waals surface area (Å²) in [4.78, 5) is 38.4. The molecule has 2 heterocycles. The number of benzene rings is 1. The largest absolute Gasteiger partial charge is 0.477 e. The summed E-state index contributed by atoms with van der Waals surface area (Å²) in [6, 6.07) is 7.98. The van der Waals surface area contributed by atoms with E-state index in [1.807, 2.05) is 0 Å². The second kappa shape index (κ2) is 5.64. The molecule has 6 nitrogen and oxygen atoms in total. The first kappa shape index (κ1) is 15.4. The van der Waals surface area contributed by atoms with Crippen molar-refractivity contribution in [2.75, 3.05) is 5.73 Å². The van der Waals surface area contributed by atoms with Crippen LogP contribution in [-0.4, -0.2) is 21.8 Å². The van der Waals surface area contributed by atoms with Crippen molar-refractivity contribution in [3.05, 3.63) is 61.2 Å². The lowest BCUT2D eigenvalue weighted by atomic mass is 10.1. The molecule has 2 aromatic heterocycles. The number of pyridine rings is 1. The Bertz CT molecular complexity index is 1000. The molecule has 116 valence electrons. The van der Waals surface area contributed by atoms with Crippen molar-refractivity contribution in [3.8, 4) is 0 Å². The number of ketones is 1. The minimum Gasteiger partial charge on any atom is -0.477 e. The van der Waals surface area contributed by atoms with Crippen molar-refractivity contribution in [2.24, 2.45) is 0 Å². The number of hydrogen-bond donors (Lipinski definition) is 3. The van der Waals surface area contributed by atoms with Crippen molar-refractivity contribution in [1.29, 1.82) is 0 Å². The van der Waals surface area contributed by atoms with Gasteiger partial charge in [-0.05, 0) is 30.3 Å². The molecule has 0 bridgehead atoms. The van der Waals surface area contributed by atoms with Crippen LogP contribution in [0.5, 0.6) is 0 Å². The van der Waals surface area contributed by atoms with E-state index in [1.165, 1.54) is 6.07 Å². The zero-order chi connectivity index (χ0) is 16.7. The Morgan fingerprint density at radius 2 is 1.87 bits per heavy atom. The topological polar surface area (TPSA) is 113 Å². The minimum atomic E-state index is -1.35. The maximum atomic E-state index is 12.6. The molecule has 0 aliphatic carbocycles. The van der Waals surface area contributed by atoms with Crippen molar-refractivity contribution in [1.82, 2.24) is 4.98 Å². The number of aromatic nitrogens is 1. The summed E-state index contributed by atoms with van der Waals surface area (Å²) < 4.78 is 0.841. The summed E-state index contributed by atoms with van der Waals surface area (Å²) in [6.07, 6.45) is 0. The van der Waals surface area contributed by atoms with Crippen LogP contribution < -0.4 is 11.3 Å². The monoisotopic (exact) mass is 392 g/mol. The molecule has 8 heteroatoms. The van der Waals surface area contributed by atoms with Gasteiger partial charge in [0, 0.05) is 15.4 Å². The molecule has 0 aliphatic heterocycles. The van der Waals surface area contributed by atoms with Gasteiger partial charge in [-0.3, -0.25) is 9.59 Å². The van der Waals surface area contributed by atoms with Crippen LogP contribution in [0.25, 0.3) is 10.2 Å². The van der Waals surface area contributed by atoms with Gasteiger partial charge in [0.15, 0.2) is 0 Å². The lowest BCUT2D eigenvalue weighted by Crippen LogP contribution is -2.16. The van der Waals surface area contributed by atoms with Gasteiger partial charge in [-0.25, -0.2) is 4.79 Å². The zero-order valence-electron chi connectivity index (χ0n) is 11.4. The minimum absolute atomic E-state index is 0.164. The third-order valence-corrected chi connectivity index (χ3v) is 4.95. The number of nitrogens with one attached hydrogen (secondary N) is 1. The van der Waals surface area contributed by atoms with Gasteiger partial charge < -0.3 is 15.8 Å². The normalized spacial score (nSPS) is 10.8. The van der Waals surface area contributed by atoms with E-state index in [0.29, 0.717) is 15.8 Å². The Labute approximate surface area is 141 Å². The van der Waals surface area contributed by atoms with E-state index in [2.05, 4.69) is 20.9 Å². The van der Waals surface area contributed by atoms with Gasteiger partial charge in [0.05, 0.1) is 5.69 Å². The third kappa shape index (κ3) is 2.66. The first-order valence-electron chi connectivity index (χ1n) is 6.37. The highest BCUT2D eigenvalue weighted by molar-refractivity contribution is 9.10. The number of aromatic amines is 1. The number of rotatable bonds is 3. The Morgan fingerprint density at radius 3 is 2.48 bits per heavy atom. The molecule has 0 saturated heterocycles. The molecule has 0 unspecified atom stereocenters. The maximum absolute atomic E-state index is 12.6. The summed E-state index contributed by atoms with van der Waals surface area (Å²) >= 11 is 4.33. The fourth-order valence-electron chi connectivity index (χ4n) is 2.13. The van der Waals surface area contributed by atoms with E-state index in [0.717, 1.165) is 15.8 Å². The van der Waals surface area contributed by atoms with Crippen molar-refractivity contribution in [2.45, 2.75) is 0 Å². The number of carboxylic acids is 1. The van der Waals surface area contributed by atoms with Gasteiger partial charge in [0.25, 0.3) is 5.56 Å². The number of thiophene rings is 1. The van der Waals surface area contributed by atoms with Crippen LogP contribution in [-0.2, 0) is 0 Å². The molecule has 23 heavy (non-hydrogen) atoms. The summed E-state index contributed by atoms with van der Waals surface area (Å²) in [5.41, 5.74) is 5.47. The Kier molecular flexibility index (Phi) is 3.78. The van der Waals surface area contributed by atoms with Gasteiger partial charge in [0.2, 0.25) is 5.78 Å². The fraction of sp³-hybridized carbons (Fsp3) is 0. The predicted molar refractivity (Wildman–Crippen MR) is 91.4 cm³/mol. The highest BCUT2D eigenvalue weighted by Crippen LogP contribution is 2.33. The molecular weight excluding hydrogens is 384 g/mol. The van der Waals surface area contributed by atoms with Crippen molar-refractivity contribution in [3.63, 3.8) is 0 Å². The first-order chi connectivity index (χ1) is 10.9. The highest BCUT2D eigenvalue weighted by Gasteiger charge is 2.20. The van der Waals surface area contributed by atoms with E-state index in [4.69, 9.17) is 10.8 Å². The van der Waals surface area contributed by atoms with Crippen LogP contribution in [0.15, 0.2) is 39.6 Å². The quantitative estimate of drug-likeness (QED) is 0.593. The standard InChI is InChI=1S/C15H9BrN2O4S/c16-7-3-1-6(2-4-7)11(19)12-10(17)8-5-9(15(21)22)13(20)18-14(8)23-12/h1-5H,17H2,(H,18,20)(H,21,22). The average Bonchev–Trinajstić information content (AvgIpc) is 2.82. The number of hydrogen-bond acceptors (Lipinski definition) is 5. The van der Waals surface area contributed by atoms with Crippen molar-refractivity contribution < 1.29 is 14.7 Å². The Balaban J connectivity index is 2.17. The molecule has 0 saturated carbocycles. The Hall–Kier alpha value is -2.45. The van der Waals surface area contributed by atoms with E-state index >= 15 is 0 Å². The van der Waals surface area contributed by atoms with E-state index in [9.17, 15) is 14.4 Å². The predicted octanol–water partition coefficient (Wildman–Crippen LogP) is 2.86. The molecule has 4 N–H and O–H groups in total. The zero-order valence-corrected chi connectivity index (χ0v) is 13.8. The summed E-state index contributed by atoms with van der Waals surface area (Å²) in [5, 5.41) is 9.36. The molecule has 0 fully saturated rings. The number of carbonyl (C=O) groups is 2. The lowest BCUT2D eigenvalue weighted by Gasteiger charge is -2.00. The summed E-state index contributed by atoms with van der Waals surface area (Å²) in [6.45, 7) is 0. The summed E-state index contributed by atoms with van der Waals surface area (Å²) in [5.74, 6) is -1.63. The fourth-order valence-corrected chi connectivity index (χ4v) is 3.45. The molecule has 1 aromatic carbocycles. The second-order valence-corrected chi connectivity index (χ2v) is 6.68. The van der Waals surface area contributed by atoms with E-state index < -0.39 is 17.1 Å². The molecule has 3 aromatic rings. The SMILES string of the molecule is Nc1c(C(=O)c2ccc(Br)cc2)sc2[nH]c(=O)c(C(=O)O)cc12. The number of nitrogen functional groups attached to an aromatic ring is 1. The number of nitrogens with two attached hydrogens (primary N) is 1. The molecular formula is C15H9BrN2O4S. The molecule has 3 rings (SSSR count). The van der Waals surface area contributed by atoms with Gasteiger partial charge in [0.1, 0.15) is 15.3 Å². The summed E-state index contributed by atoms with van der Waals surface area (Å²) in [7, 11) is 0. The Morgan fingerprint density at radius 1 is 1.22 bits per heavy atom. The van der Waals surface area contributed by atoms with Crippen LogP contribution in [0.3, 0.4) is 0 Å². The van der Waals surface area contributed by atoms with Gasteiger partial charge >= 0.3 is 5.97 Å². The van der Waals surface area contributed by atoms with Gasteiger partial charge in [-0.1, -0.05) is 15.9 Å². The number of carboxylic acid groups (broad SMARTS) is 1. The molecule has 0 amide bonds. The number of carbonyl (C=O) groups excluding carboxylic acids is 1. The number of aromatic carboxylic acids is 1. The number of fused-ring (bicyclic) bond motifs is 1. The number of H-pyrrole nitrogens is 1. The molecule has 0 aliphatic rings. The van der Waals surface area contributed by atoms with Crippen molar-refractivity contribution >= 4 is 54.9 Å². The molecule has 0 atom stereocenters. The number of anilines is 1. The van der Waals surface area contributed by atoms with E-state index in [-0.39, 0.29) is 16.3 Å². The average molecular weight is 393 g/mol. The third-order valence-electron chi connectivity index (χ3n) is 3.29. The van der Waals surface area contributed by atoms with Crippen LogP contribution >= 0.6 is 27.3 Å². The molecule has 0 spiro atoms. The van der Waals surface area contributed by atoms with Crippen LogP contribution in [0.2, 0.25) is 0 Å². The molecule has 0 radical (unpaired) electrons. The van der Waals surface area contributed by atoms with Crippen LogP contribution in [0.1, 0.15) is 25.6 Å². The smallest absolute Gasteiger partial charge is 0.341 e. The first-order valence-corrected chi connectivity index (χ1v) is 7.98. The maximum Gasteiger partial charge on any atom is 0.341 e. The number of halogens is 1. The van der Waals surface area contributed by atoms with Crippen LogP contribution in [0, 0.1) is 0 Å². The van der Waals surface area contributed by atoms with E-state index in [1.54, 1.807) is 24.3 Å². The van der Waals surface area contributed by atoms with Gasteiger partial charge in [-0.2, -0.15) is 0 Å². The highest BCUT2D eigenvalue weighted by atomic mass is 79.9. The second-order valence-electron chi connectivity index (χ2n) is 4.74.